The van der Waals surface area contributed by atoms with E-state index in [-0.39, 0.29) is 10.8 Å². The van der Waals surface area contributed by atoms with Crippen molar-refractivity contribution in [3.8, 4) is 0 Å². The van der Waals surface area contributed by atoms with E-state index in [2.05, 4.69) is 4.98 Å². The predicted molar refractivity (Wildman–Crippen MR) is 58.3 cm³/mol. The normalized spacial score (nSPS) is 22.2. The molecule has 4 nitrogen and oxygen atoms in total. The molecule has 1 atom stereocenters. The highest BCUT2D eigenvalue weighted by Gasteiger charge is 2.60. The zero-order chi connectivity index (χ0) is 13.6. The minimum atomic E-state index is -4.99. The molecule has 1 aromatic heterocycles. The highest BCUT2D eigenvalue weighted by Crippen LogP contribution is 2.39. The molecule has 2 heterocycles. The summed E-state index contributed by atoms with van der Waals surface area (Å²) < 4.78 is 38.6. The van der Waals surface area contributed by atoms with Crippen molar-refractivity contribution in [1.29, 1.82) is 0 Å². The number of alkyl halides is 3. The lowest BCUT2D eigenvalue weighted by Gasteiger charge is -2.33. The van der Waals surface area contributed by atoms with E-state index >= 15 is 0 Å². The third-order valence-electron chi connectivity index (χ3n) is 2.50. The number of hydrogen-bond acceptors (Lipinski definition) is 3. The molecule has 18 heavy (non-hydrogen) atoms. The number of carbonyl (C=O) groups is 1. The Kier molecular flexibility index (Phi) is 2.73. The van der Waals surface area contributed by atoms with Crippen molar-refractivity contribution >= 4 is 29.5 Å². The Balaban J connectivity index is 2.54. The Hall–Kier alpha value is -1.76. The number of aromatic nitrogens is 1. The number of nitrogens with zero attached hydrogens (tertiary/aromatic N) is 1. The standard InChI is InChI=1S/C10H6ClF3N2O2/c11-6-3-5-1-2-9(8(17)18,10(12,13)14)16-7(5)15-4-6/h1-4H,(H,15,16)(H,17,18). The lowest BCUT2D eigenvalue weighted by molar-refractivity contribution is -0.186. The van der Waals surface area contributed by atoms with Gasteiger partial charge in [-0.25, -0.2) is 9.78 Å². The van der Waals surface area contributed by atoms with Gasteiger partial charge in [-0.15, -0.1) is 0 Å². The summed E-state index contributed by atoms with van der Waals surface area (Å²) in [5, 5.41) is 11.0. The Morgan fingerprint density at radius 3 is 2.72 bits per heavy atom. The third-order valence-corrected chi connectivity index (χ3v) is 2.70. The number of nitrogens with one attached hydrogen (secondary N) is 1. The molecule has 8 heteroatoms. The van der Waals surface area contributed by atoms with Gasteiger partial charge in [-0.2, -0.15) is 13.2 Å². The maximum Gasteiger partial charge on any atom is 0.426 e. The van der Waals surface area contributed by atoms with Crippen LogP contribution in [0.3, 0.4) is 0 Å². The number of halogens is 4. The molecule has 0 radical (unpaired) electrons. The highest BCUT2D eigenvalue weighted by atomic mass is 35.5. The molecular formula is C10H6ClF3N2O2. The van der Waals surface area contributed by atoms with Gasteiger partial charge in [0.1, 0.15) is 5.82 Å². The molecule has 0 saturated carbocycles. The Morgan fingerprint density at radius 2 is 2.17 bits per heavy atom. The molecule has 2 N–H and O–H groups in total. The van der Waals surface area contributed by atoms with Crippen molar-refractivity contribution < 1.29 is 23.1 Å². The van der Waals surface area contributed by atoms with E-state index in [9.17, 15) is 18.0 Å². The van der Waals surface area contributed by atoms with Gasteiger partial charge >= 0.3 is 12.1 Å². The summed E-state index contributed by atoms with van der Waals surface area (Å²) in [5.41, 5.74) is -2.87. The molecule has 1 unspecified atom stereocenters. The second kappa shape index (κ2) is 3.88. The number of rotatable bonds is 1. The summed E-state index contributed by atoms with van der Waals surface area (Å²) in [4.78, 5) is 14.6. The second-order valence-electron chi connectivity index (χ2n) is 3.66. The number of carboxylic acids is 1. The van der Waals surface area contributed by atoms with Gasteiger partial charge in [0.25, 0.3) is 5.54 Å². The van der Waals surface area contributed by atoms with E-state index in [1.54, 1.807) is 0 Å². The quantitative estimate of drug-likeness (QED) is 0.829. The number of hydrogen-bond donors (Lipinski definition) is 2. The molecule has 0 aliphatic carbocycles. The van der Waals surface area contributed by atoms with Crippen LogP contribution in [0.25, 0.3) is 6.08 Å². The molecule has 96 valence electrons. The smallest absolute Gasteiger partial charge is 0.426 e. The lowest BCUT2D eigenvalue weighted by atomic mass is 9.93. The first kappa shape index (κ1) is 12.7. The lowest BCUT2D eigenvalue weighted by Crippen LogP contribution is -2.57. The summed E-state index contributed by atoms with van der Waals surface area (Å²) in [6.07, 6.45) is -2.29. The van der Waals surface area contributed by atoms with Crippen molar-refractivity contribution in [2.24, 2.45) is 0 Å². The summed E-state index contributed by atoms with van der Waals surface area (Å²) in [7, 11) is 0. The number of pyridine rings is 1. The van der Waals surface area contributed by atoms with E-state index in [1.807, 2.05) is 5.32 Å². The van der Waals surface area contributed by atoms with Gasteiger partial charge in [-0.3, -0.25) is 0 Å². The monoisotopic (exact) mass is 278 g/mol. The zero-order valence-corrected chi connectivity index (χ0v) is 9.38. The van der Waals surface area contributed by atoms with Crippen LogP contribution in [0.5, 0.6) is 0 Å². The van der Waals surface area contributed by atoms with Gasteiger partial charge < -0.3 is 10.4 Å². The van der Waals surface area contributed by atoms with Crippen molar-refractivity contribution in [2.75, 3.05) is 5.32 Å². The molecule has 0 saturated heterocycles. The molecular weight excluding hydrogens is 273 g/mol. The van der Waals surface area contributed by atoms with Gasteiger partial charge in [-0.05, 0) is 12.1 Å². The SMILES string of the molecule is O=C(O)C1(C(F)(F)F)C=Cc2cc(Cl)cnc2N1. The maximum atomic E-state index is 12.9. The van der Waals surface area contributed by atoms with E-state index in [4.69, 9.17) is 16.7 Å². The van der Waals surface area contributed by atoms with Gasteiger partial charge in [0.15, 0.2) is 0 Å². The first-order chi connectivity index (χ1) is 8.26. The van der Waals surface area contributed by atoms with Crippen LogP contribution in [0.4, 0.5) is 19.0 Å². The average molecular weight is 279 g/mol. The molecule has 1 aliphatic heterocycles. The molecule has 0 fully saturated rings. The van der Waals surface area contributed by atoms with Crippen LogP contribution in [-0.2, 0) is 4.79 Å². The topological polar surface area (TPSA) is 62.2 Å². The van der Waals surface area contributed by atoms with Crippen molar-refractivity contribution in [2.45, 2.75) is 11.7 Å². The van der Waals surface area contributed by atoms with Crippen LogP contribution < -0.4 is 5.32 Å². The highest BCUT2D eigenvalue weighted by molar-refractivity contribution is 6.30. The number of aliphatic carboxylic acids is 1. The largest absolute Gasteiger partial charge is 0.479 e. The average Bonchev–Trinajstić information content (AvgIpc) is 2.26. The fraction of sp³-hybridized carbons (Fsp3) is 0.200. The van der Waals surface area contributed by atoms with Gasteiger partial charge in [0, 0.05) is 11.8 Å². The van der Waals surface area contributed by atoms with Crippen molar-refractivity contribution in [1.82, 2.24) is 4.98 Å². The van der Waals surface area contributed by atoms with Crippen LogP contribution >= 0.6 is 11.6 Å². The molecule has 0 bridgehead atoms. The fourth-order valence-corrected chi connectivity index (χ4v) is 1.71. The maximum absolute atomic E-state index is 12.9. The number of carboxylic acid groups (broad SMARTS) is 1. The second-order valence-corrected chi connectivity index (χ2v) is 4.10. The minimum absolute atomic E-state index is 0.179. The van der Waals surface area contributed by atoms with Crippen molar-refractivity contribution in [3.63, 3.8) is 0 Å². The molecule has 0 amide bonds. The summed E-state index contributed by atoms with van der Waals surface area (Å²) >= 11 is 5.64. The van der Waals surface area contributed by atoms with Gasteiger partial charge in [-0.1, -0.05) is 17.7 Å². The van der Waals surface area contributed by atoms with Crippen LogP contribution in [0.1, 0.15) is 5.56 Å². The van der Waals surface area contributed by atoms with E-state index < -0.39 is 17.7 Å². The molecule has 1 aliphatic rings. The molecule has 0 spiro atoms. The Labute approximate surface area is 104 Å². The number of anilines is 1. The van der Waals surface area contributed by atoms with Crippen molar-refractivity contribution in [3.05, 3.63) is 28.9 Å². The first-order valence-electron chi connectivity index (χ1n) is 4.69. The van der Waals surface area contributed by atoms with Crippen LogP contribution in [0, 0.1) is 0 Å². The zero-order valence-electron chi connectivity index (χ0n) is 8.62. The van der Waals surface area contributed by atoms with E-state index in [0.717, 1.165) is 12.3 Å². The van der Waals surface area contributed by atoms with E-state index in [0.29, 0.717) is 11.6 Å². The van der Waals surface area contributed by atoms with E-state index in [1.165, 1.54) is 6.07 Å². The fourth-order valence-electron chi connectivity index (χ4n) is 1.54. The summed E-state index contributed by atoms with van der Waals surface area (Å²) in [6, 6.07) is 1.38. The predicted octanol–water partition coefficient (Wildman–Crippen LogP) is 2.56. The summed E-state index contributed by atoms with van der Waals surface area (Å²) in [6.45, 7) is 0. The molecule has 0 aromatic carbocycles. The minimum Gasteiger partial charge on any atom is -0.479 e. The Bertz CT molecular complexity index is 544. The van der Waals surface area contributed by atoms with Gasteiger partial charge in [0.05, 0.1) is 5.02 Å². The Morgan fingerprint density at radius 1 is 1.50 bits per heavy atom. The van der Waals surface area contributed by atoms with Gasteiger partial charge in [0.2, 0.25) is 0 Å². The number of fused-ring (bicyclic) bond motifs is 1. The molecule has 1 aromatic rings. The van der Waals surface area contributed by atoms with Crippen LogP contribution in [0.15, 0.2) is 18.3 Å². The van der Waals surface area contributed by atoms with Crippen LogP contribution in [0.2, 0.25) is 5.02 Å². The molecule has 2 rings (SSSR count). The summed E-state index contributed by atoms with van der Waals surface area (Å²) in [5.74, 6) is -2.23. The third kappa shape index (κ3) is 1.80. The first-order valence-corrected chi connectivity index (χ1v) is 5.07. The van der Waals surface area contributed by atoms with Crippen LogP contribution in [-0.4, -0.2) is 27.8 Å².